The second-order valence-electron chi connectivity index (χ2n) is 6.04. The van der Waals surface area contributed by atoms with Gasteiger partial charge in [0, 0.05) is 24.0 Å². The van der Waals surface area contributed by atoms with Crippen molar-refractivity contribution in [2.75, 3.05) is 0 Å². The minimum absolute atomic E-state index is 0.0742. The summed E-state index contributed by atoms with van der Waals surface area (Å²) in [6.07, 6.45) is 1.41. The second-order valence-corrected chi connectivity index (χ2v) is 6.04. The maximum Gasteiger partial charge on any atom is 0.130 e. The third-order valence-corrected chi connectivity index (χ3v) is 3.32. The summed E-state index contributed by atoms with van der Waals surface area (Å²) in [4.78, 5) is 15.9. The molecule has 0 aromatic rings. The Balaban J connectivity index is 5.45. The molecule has 0 saturated carbocycles. The molecule has 0 aromatic heterocycles. The molecule has 0 fully saturated rings. The number of carbonyl (C=O) groups is 1. The molecule has 0 aliphatic carbocycles. The van der Waals surface area contributed by atoms with E-state index in [1.54, 1.807) is 19.9 Å². The minimum Gasteiger partial charge on any atom is -0.388 e. The number of carbonyl (C=O) groups excluding carboxylic acids is 1. The summed E-state index contributed by atoms with van der Waals surface area (Å²) in [7, 11) is 0. The number of ketones is 1. The van der Waals surface area contributed by atoms with Gasteiger partial charge in [0.2, 0.25) is 0 Å². The number of hydrogen-bond acceptors (Lipinski definition) is 3. The summed E-state index contributed by atoms with van der Waals surface area (Å²) in [6, 6.07) is 0. The summed E-state index contributed by atoms with van der Waals surface area (Å²) >= 11 is 0. The Morgan fingerprint density at radius 3 is 2.19 bits per heavy atom. The fourth-order valence-electron chi connectivity index (χ4n) is 2.01. The SMILES string of the molecule is C=CC(=C)N=C(CC(O)C(=C)C(=C)C)C(C)(C)CC(C)=O. The Morgan fingerprint density at radius 1 is 1.29 bits per heavy atom. The molecule has 1 unspecified atom stereocenters. The van der Waals surface area contributed by atoms with Gasteiger partial charge in [0.05, 0.1) is 11.8 Å². The van der Waals surface area contributed by atoms with E-state index in [1.807, 2.05) is 13.8 Å². The van der Waals surface area contributed by atoms with E-state index in [0.29, 0.717) is 29.8 Å². The molecule has 3 nitrogen and oxygen atoms in total. The van der Waals surface area contributed by atoms with Gasteiger partial charge in [-0.1, -0.05) is 45.7 Å². The first-order chi connectivity index (χ1) is 9.51. The molecular weight excluding hydrogens is 262 g/mol. The number of aliphatic hydroxyl groups is 1. The quantitative estimate of drug-likeness (QED) is 0.515. The normalized spacial score (nSPS) is 13.5. The van der Waals surface area contributed by atoms with Crippen LogP contribution >= 0.6 is 0 Å². The Hall–Kier alpha value is -1.74. The lowest BCUT2D eigenvalue weighted by Crippen LogP contribution is -2.31. The highest BCUT2D eigenvalue weighted by Crippen LogP contribution is 2.28. The van der Waals surface area contributed by atoms with Crippen LogP contribution in [-0.4, -0.2) is 22.7 Å². The van der Waals surface area contributed by atoms with E-state index in [2.05, 4.69) is 31.3 Å². The average molecular weight is 289 g/mol. The van der Waals surface area contributed by atoms with Crippen LogP contribution in [0.1, 0.15) is 40.5 Å². The molecule has 0 saturated heterocycles. The summed E-state index contributed by atoms with van der Waals surface area (Å²) in [5, 5.41) is 10.3. The summed E-state index contributed by atoms with van der Waals surface area (Å²) in [6.45, 7) is 22.2. The molecule has 0 aliphatic heterocycles. The van der Waals surface area contributed by atoms with Crippen LogP contribution < -0.4 is 0 Å². The highest BCUT2D eigenvalue weighted by Gasteiger charge is 2.29. The van der Waals surface area contributed by atoms with Gasteiger partial charge >= 0.3 is 0 Å². The first-order valence-corrected chi connectivity index (χ1v) is 6.92. The third kappa shape index (κ3) is 6.50. The Labute approximate surface area is 128 Å². The van der Waals surface area contributed by atoms with Crippen molar-refractivity contribution < 1.29 is 9.90 Å². The highest BCUT2D eigenvalue weighted by atomic mass is 16.3. The number of rotatable bonds is 9. The first-order valence-electron chi connectivity index (χ1n) is 6.92. The predicted octanol–water partition coefficient (Wildman–Crippen LogP) is 4.02. The van der Waals surface area contributed by atoms with Crippen molar-refractivity contribution in [2.45, 2.75) is 46.6 Å². The Morgan fingerprint density at radius 2 is 1.81 bits per heavy atom. The van der Waals surface area contributed by atoms with E-state index in [0.717, 1.165) is 5.57 Å². The number of aliphatic imine (C=N–C) groups is 1. The first kappa shape index (κ1) is 19.3. The molecule has 1 N–H and O–H groups in total. The van der Waals surface area contributed by atoms with E-state index in [-0.39, 0.29) is 5.78 Å². The molecule has 0 aliphatic rings. The Bertz CT molecular complexity index is 495. The average Bonchev–Trinajstić information content (AvgIpc) is 2.34. The predicted molar refractivity (Wildman–Crippen MR) is 90.4 cm³/mol. The van der Waals surface area contributed by atoms with Gasteiger partial charge in [0.15, 0.2) is 0 Å². The molecule has 116 valence electrons. The highest BCUT2D eigenvalue weighted by molar-refractivity contribution is 5.94. The molecule has 0 amide bonds. The molecule has 0 rings (SSSR count). The number of Topliss-reactive ketones (excluding diaryl/α,β-unsaturated/α-hetero) is 1. The maximum atomic E-state index is 11.5. The summed E-state index contributed by atoms with van der Waals surface area (Å²) in [5.41, 5.74) is 2.06. The van der Waals surface area contributed by atoms with Gasteiger partial charge in [-0.3, -0.25) is 9.79 Å². The lowest BCUT2D eigenvalue weighted by atomic mass is 9.79. The smallest absolute Gasteiger partial charge is 0.130 e. The molecule has 21 heavy (non-hydrogen) atoms. The van der Waals surface area contributed by atoms with Crippen molar-refractivity contribution in [1.82, 2.24) is 0 Å². The zero-order chi connectivity index (χ0) is 16.8. The van der Waals surface area contributed by atoms with Crippen LogP contribution in [0.15, 0.2) is 54.2 Å². The standard InChI is InChI=1S/C18H27NO2/c1-9-13(4)19-17(18(7,8)11-14(5)20)10-16(21)15(6)12(2)3/h9,16,21H,1-2,4,6,10-11H2,3,5,7-8H3. The topological polar surface area (TPSA) is 49.7 Å². The van der Waals surface area contributed by atoms with Crippen LogP contribution in [-0.2, 0) is 4.79 Å². The maximum absolute atomic E-state index is 11.5. The fraction of sp³-hybridized carbons (Fsp3) is 0.444. The van der Waals surface area contributed by atoms with Gasteiger partial charge in [-0.05, 0) is 25.5 Å². The lowest BCUT2D eigenvalue weighted by Gasteiger charge is -2.28. The van der Waals surface area contributed by atoms with Crippen LogP contribution in [0, 0.1) is 5.41 Å². The molecule has 0 radical (unpaired) electrons. The molecule has 3 heteroatoms. The minimum atomic E-state index is -0.773. The van der Waals surface area contributed by atoms with Gasteiger partial charge < -0.3 is 5.11 Å². The molecular formula is C18H27NO2. The van der Waals surface area contributed by atoms with Gasteiger partial charge in [-0.2, -0.15) is 0 Å². The number of hydrogen-bond donors (Lipinski definition) is 1. The van der Waals surface area contributed by atoms with Crippen LogP contribution in [0.3, 0.4) is 0 Å². The van der Waals surface area contributed by atoms with Crippen LogP contribution in [0.4, 0.5) is 0 Å². The molecule has 0 bridgehead atoms. The van der Waals surface area contributed by atoms with E-state index in [9.17, 15) is 9.90 Å². The number of nitrogens with zero attached hydrogens (tertiary/aromatic N) is 1. The van der Waals surface area contributed by atoms with E-state index in [4.69, 9.17) is 0 Å². The fourth-order valence-corrected chi connectivity index (χ4v) is 2.01. The van der Waals surface area contributed by atoms with Gasteiger partial charge in [-0.25, -0.2) is 0 Å². The van der Waals surface area contributed by atoms with Crippen molar-refractivity contribution in [2.24, 2.45) is 10.4 Å². The van der Waals surface area contributed by atoms with E-state index in [1.165, 1.54) is 0 Å². The second kappa shape index (κ2) is 7.89. The van der Waals surface area contributed by atoms with Crippen molar-refractivity contribution >= 4 is 11.5 Å². The third-order valence-electron chi connectivity index (χ3n) is 3.32. The monoisotopic (exact) mass is 289 g/mol. The summed E-state index contributed by atoms with van der Waals surface area (Å²) < 4.78 is 0. The van der Waals surface area contributed by atoms with E-state index >= 15 is 0 Å². The summed E-state index contributed by atoms with van der Waals surface area (Å²) in [5.74, 6) is 0.0742. The van der Waals surface area contributed by atoms with Crippen LogP contribution in [0.25, 0.3) is 0 Å². The zero-order valence-corrected chi connectivity index (χ0v) is 13.7. The number of allylic oxidation sites excluding steroid dienone is 1. The van der Waals surface area contributed by atoms with Gasteiger partial charge in [0.1, 0.15) is 5.78 Å². The van der Waals surface area contributed by atoms with Crippen molar-refractivity contribution in [3.63, 3.8) is 0 Å². The molecule has 0 aromatic carbocycles. The zero-order valence-electron chi connectivity index (χ0n) is 13.7. The van der Waals surface area contributed by atoms with Gasteiger partial charge in [0.25, 0.3) is 0 Å². The lowest BCUT2D eigenvalue weighted by molar-refractivity contribution is -0.118. The Kier molecular flexibility index (Phi) is 7.23. The van der Waals surface area contributed by atoms with Crippen molar-refractivity contribution in [3.05, 3.63) is 49.2 Å². The largest absolute Gasteiger partial charge is 0.388 e. The van der Waals surface area contributed by atoms with Crippen LogP contribution in [0.2, 0.25) is 0 Å². The molecule has 0 heterocycles. The van der Waals surface area contributed by atoms with Crippen LogP contribution in [0.5, 0.6) is 0 Å². The van der Waals surface area contributed by atoms with Crippen molar-refractivity contribution in [1.29, 1.82) is 0 Å². The molecule has 0 spiro atoms. The molecule has 1 atom stereocenters. The van der Waals surface area contributed by atoms with Crippen molar-refractivity contribution in [3.8, 4) is 0 Å². The van der Waals surface area contributed by atoms with Gasteiger partial charge in [-0.15, -0.1) is 0 Å². The number of aliphatic hydroxyl groups excluding tert-OH is 1. The van der Waals surface area contributed by atoms with E-state index < -0.39 is 11.5 Å².